The van der Waals surface area contributed by atoms with E-state index in [2.05, 4.69) is 21.0 Å². The van der Waals surface area contributed by atoms with Gasteiger partial charge in [0.25, 0.3) is 0 Å². The summed E-state index contributed by atoms with van der Waals surface area (Å²) in [5.74, 6) is 0. The topological polar surface area (TPSA) is 56.5 Å². The Hall–Kier alpha value is -0.430. The van der Waals surface area contributed by atoms with Gasteiger partial charge in [0.15, 0.2) is 6.29 Å². The van der Waals surface area contributed by atoms with Gasteiger partial charge in [0.1, 0.15) is 6.10 Å². The highest BCUT2D eigenvalue weighted by Crippen LogP contribution is 2.22. The molecule has 1 aromatic rings. The van der Waals surface area contributed by atoms with Crippen molar-refractivity contribution in [2.24, 2.45) is 7.05 Å². The van der Waals surface area contributed by atoms with E-state index in [1.54, 1.807) is 4.68 Å². The van der Waals surface area contributed by atoms with Crippen molar-refractivity contribution in [2.45, 2.75) is 25.7 Å². The molecule has 0 aliphatic carbocycles. The number of ether oxygens (including phenoxy) is 2. The van der Waals surface area contributed by atoms with Gasteiger partial charge in [-0.15, -0.1) is 0 Å². The number of halogens is 1. The number of hydrogen-bond donors (Lipinski definition) is 1. The van der Waals surface area contributed by atoms with Crippen molar-refractivity contribution in [1.29, 1.82) is 0 Å². The maximum atomic E-state index is 9.91. The van der Waals surface area contributed by atoms with Crippen molar-refractivity contribution >= 4 is 15.9 Å². The molecule has 1 rings (SSSR count). The first-order valence-corrected chi connectivity index (χ1v) is 5.72. The standard InChI is InChI=1S/C10H17BrN2O3/c1-6-9(11)7(13(2)12-6)5-8(14)10(15-3)16-4/h8,10,14H,5H2,1-4H3. The van der Waals surface area contributed by atoms with Gasteiger partial charge < -0.3 is 14.6 Å². The van der Waals surface area contributed by atoms with Crippen LogP contribution in [0.3, 0.4) is 0 Å². The number of methoxy groups -OCH3 is 2. The van der Waals surface area contributed by atoms with E-state index in [0.29, 0.717) is 6.42 Å². The molecule has 1 N–H and O–H groups in total. The van der Waals surface area contributed by atoms with Gasteiger partial charge in [-0.1, -0.05) is 0 Å². The van der Waals surface area contributed by atoms with Gasteiger partial charge in [-0.25, -0.2) is 0 Å². The Bertz CT molecular complexity index is 350. The van der Waals surface area contributed by atoms with Gasteiger partial charge in [-0.05, 0) is 22.9 Å². The summed E-state index contributed by atoms with van der Waals surface area (Å²) in [6, 6.07) is 0. The van der Waals surface area contributed by atoms with Crippen LogP contribution in [0.1, 0.15) is 11.4 Å². The Kier molecular flexibility index (Phi) is 4.91. The zero-order chi connectivity index (χ0) is 12.3. The van der Waals surface area contributed by atoms with Crippen LogP contribution < -0.4 is 0 Å². The molecule has 0 bridgehead atoms. The van der Waals surface area contributed by atoms with E-state index in [9.17, 15) is 5.11 Å². The van der Waals surface area contributed by atoms with Gasteiger partial charge in [-0.3, -0.25) is 4.68 Å². The van der Waals surface area contributed by atoms with E-state index in [0.717, 1.165) is 15.9 Å². The predicted molar refractivity (Wildman–Crippen MR) is 63.2 cm³/mol. The lowest BCUT2D eigenvalue weighted by Crippen LogP contribution is -2.32. The third-order valence-electron chi connectivity index (χ3n) is 2.44. The number of aliphatic hydroxyl groups excluding tert-OH is 1. The minimum Gasteiger partial charge on any atom is -0.387 e. The summed E-state index contributed by atoms with van der Waals surface area (Å²) < 4.78 is 12.7. The van der Waals surface area contributed by atoms with Gasteiger partial charge in [0.2, 0.25) is 0 Å². The summed E-state index contributed by atoms with van der Waals surface area (Å²) >= 11 is 3.45. The van der Waals surface area contributed by atoms with E-state index < -0.39 is 12.4 Å². The molecule has 0 radical (unpaired) electrons. The summed E-state index contributed by atoms with van der Waals surface area (Å²) in [5, 5.41) is 14.2. The lowest BCUT2D eigenvalue weighted by Gasteiger charge is -2.20. The SMILES string of the molecule is COC(OC)C(O)Cc1c(Br)c(C)nn1C. The average Bonchev–Trinajstić information content (AvgIpc) is 2.47. The summed E-state index contributed by atoms with van der Waals surface area (Å²) in [7, 11) is 4.84. The van der Waals surface area contributed by atoms with Crippen molar-refractivity contribution in [3.63, 3.8) is 0 Å². The maximum absolute atomic E-state index is 9.91. The number of aromatic nitrogens is 2. The molecule has 0 amide bonds. The molecule has 0 aliphatic heterocycles. The Labute approximate surface area is 103 Å². The molecule has 0 saturated heterocycles. The lowest BCUT2D eigenvalue weighted by molar-refractivity contribution is -0.163. The van der Waals surface area contributed by atoms with Crippen LogP contribution in [0.2, 0.25) is 0 Å². The molecule has 0 aliphatic rings. The number of rotatable bonds is 5. The zero-order valence-corrected chi connectivity index (χ0v) is 11.5. The quantitative estimate of drug-likeness (QED) is 0.823. The molecule has 1 heterocycles. The number of nitrogens with zero attached hydrogens (tertiary/aromatic N) is 2. The molecule has 0 spiro atoms. The Morgan fingerprint density at radius 2 is 2.00 bits per heavy atom. The molecule has 0 saturated carbocycles. The minimum atomic E-state index is -0.721. The van der Waals surface area contributed by atoms with Crippen LogP contribution in [0.15, 0.2) is 4.47 Å². The number of aliphatic hydroxyl groups is 1. The zero-order valence-electron chi connectivity index (χ0n) is 9.90. The molecule has 1 aromatic heterocycles. The molecular formula is C10H17BrN2O3. The normalized spacial score (nSPS) is 13.4. The molecule has 0 aromatic carbocycles. The van der Waals surface area contributed by atoms with E-state index in [4.69, 9.17) is 9.47 Å². The largest absolute Gasteiger partial charge is 0.387 e. The monoisotopic (exact) mass is 292 g/mol. The molecule has 1 atom stereocenters. The average molecular weight is 293 g/mol. The van der Waals surface area contributed by atoms with Crippen molar-refractivity contribution in [3.05, 3.63) is 15.9 Å². The predicted octanol–water partition coefficient (Wildman–Crippen LogP) is 1.01. The van der Waals surface area contributed by atoms with Crippen LogP contribution in [-0.4, -0.2) is 41.5 Å². The van der Waals surface area contributed by atoms with Crippen molar-refractivity contribution < 1.29 is 14.6 Å². The molecule has 6 heteroatoms. The smallest absolute Gasteiger partial charge is 0.183 e. The van der Waals surface area contributed by atoms with Crippen LogP contribution in [0.4, 0.5) is 0 Å². The van der Waals surface area contributed by atoms with Crippen LogP contribution in [-0.2, 0) is 22.9 Å². The number of aryl methyl sites for hydroxylation is 2. The second kappa shape index (κ2) is 5.77. The fourth-order valence-electron chi connectivity index (χ4n) is 1.61. The fourth-order valence-corrected chi connectivity index (χ4v) is 2.10. The first-order chi connectivity index (χ1) is 7.51. The lowest BCUT2D eigenvalue weighted by atomic mass is 10.2. The van der Waals surface area contributed by atoms with E-state index in [-0.39, 0.29) is 0 Å². The van der Waals surface area contributed by atoms with Crippen LogP contribution >= 0.6 is 15.9 Å². The molecule has 5 nitrogen and oxygen atoms in total. The Morgan fingerprint density at radius 3 is 2.38 bits per heavy atom. The summed E-state index contributed by atoms with van der Waals surface area (Å²) in [4.78, 5) is 0. The first kappa shape index (κ1) is 13.6. The maximum Gasteiger partial charge on any atom is 0.183 e. The highest BCUT2D eigenvalue weighted by Gasteiger charge is 2.22. The first-order valence-electron chi connectivity index (χ1n) is 4.92. The minimum absolute atomic E-state index is 0.421. The van der Waals surface area contributed by atoms with Crippen molar-refractivity contribution in [1.82, 2.24) is 9.78 Å². The second-order valence-electron chi connectivity index (χ2n) is 3.58. The highest BCUT2D eigenvalue weighted by atomic mass is 79.9. The van der Waals surface area contributed by atoms with E-state index >= 15 is 0 Å². The summed E-state index contributed by atoms with van der Waals surface area (Å²) in [6.45, 7) is 1.91. The fraction of sp³-hybridized carbons (Fsp3) is 0.700. The van der Waals surface area contributed by atoms with Crippen molar-refractivity contribution in [2.75, 3.05) is 14.2 Å². The number of hydrogen-bond acceptors (Lipinski definition) is 4. The van der Waals surface area contributed by atoms with E-state index in [1.165, 1.54) is 14.2 Å². The molecule has 0 fully saturated rings. The third-order valence-corrected chi connectivity index (χ3v) is 3.47. The van der Waals surface area contributed by atoms with Crippen molar-refractivity contribution in [3.8, 4) is 0 Å². The van der Waals surface area contributed by atoms with Crippen LogP contribution in [0.5, 0.6) is 0 Å². The Balaban J connectivity index is 2.80. The summed E-state index contributed by atoms with van der Waals surface area (Å²) in [5.41, 5.74) is 1.82. The van der Waals surface area contributed by atoms with Gasteiger partial charge >= 0.3 is 0 Å². The van der Waals surface area contributed by atoms with Crippen LogP contribution in [0.25, 0.3) is 0 Å². The third kappa shape index (κ3) is 2.82. The summed E-state index contributed by atoms with van der Waals surface area (Å²) in [6.07, 6.45) is -0.923. The van der Waals surface area contributed by atoms with Gasteiger partial charge in [0, 0.05) is 27.7 Å². The molecule has 1 unspecified atom stereocenters. The second-order valence-corrected chi connectivity index (χ2v) is 4.37. The van der Waals surface area contributed by atoms with Gasteiger partial charge in [0.05, 0.1) is 15.9 Å². The molecular weight excluding hydrogens is 276 g/mol. The Morgan fingerprint density at radius 1 is 1.44 bits per heavy atom. The van der Waals surface area contributed by atoms with Gasteiger partial charge in [-0.2, -0.15) is 5.10 Å². The van der Waals surface area contributed by atoms with E-state index in [1.807, 2.05) is 14.0 Å². The highest BCUT2D eigenvalue weighted by molar-refractivity contribution is 9.10. The molecule has 16 heavy (non-hydrogen) atoms. The van der Waals surface area contributed by atoms with Crippen LogP contribution in [0, 0.1) is 6.92 Å². The molecule has 92 valence electrons.